The fraction of sp³-hybridized carbons (Fsp3) is 0.483. The second-order valence-electron chi connectivity index (χ2n) is 10.8. The van der Waals surface area contributed by atoms with Crippen molar-refractivity contribution in [3.05, 3.63) is 71.5 Å². The number of hydrogen-bond acceptors (Lipinski definition) is 2. The zero-order valence-electron chi connectivity index (χ0n) is 19.1. The van der Waals surface area contributed by atoms with E-state index >= 15 is 0 Å². The van der Waals surface area contributed by atoms with E-state index < -0.39 is 0 Å². The van der Waals surface area contributed by atoms with Crippen molar-refractivity contribution in [3.63, 3.8) is 0 Å². The lowest BCUT2D eigenvalue weighted by molar-refractivity contribution is 0.0482. The van der Waals surface area contributed by atoms with Gasteiger partial charge in [0.05, 0.1) is 0 Å². The number of aryl methyl sites for hydroxylation is 1. The molecular formula is C29H34N2. The smallest absolute Gasteiger partial charge is 0.0363 e. The predicted octanol–water partition coefficient (Wildman–Crippen LogP) is 6.94. The lowest BCUT2D eigenvalue weighted by Crippen LogP contribution is -2.41. The van der Waals surface area contributed by atoms with E-state index in [9.17, 15) is 0 Å². The van der Waals surface area contributed by atoms with E-state index in [0.29, 0.717) is 11.3 Å². The highest BCUT2D eigenvalue weighted by Crippen LogP contribution is 2.65. The van der Waals surface area contributed by atoms with Crippen molar-refractivity contribution in [3.8, 4) is 0 Å². The van der Waals surface area contributed by atoms with Crippen LogP contribution in [0, 0.1) is 17.3 Å². The van der Waals surface area contributed by atoms with Crippen molar-refractivity contribution in [2.45, 2.75) is 57.3 Å². The minimum atomic E-state index is 0.443. The van der Waals surface area contributed by atoms with E-state index in [-0.39, 0.29) is 0 Å². The van der Waals surface area contributed by atoms with Crippen molar-refractivity contribution in [2.24, 2.45) is 17.3 Å². The first kappa shape index (κ1) is 19.3. The Morgan fingerprint density at radius 3 is 2.71 bits per heavy atom. The van der Waals surface area contributed by atoms with Gasteiger partial charge >= 0.3 is 0 Å². The lowest BCUT2D eigenvalue weighted by Gasteiger charge is -2.51. The van der Waals surface area contributed by atoms with E-state index in [2.05, 4.69) is 73.4 Å². The molecule has 0 amide bonds. The first-order valence-electron chi connectivity index (χ1n) is 12.2. The van der Waals surface area contributed by atoms with Crippen LogP contribution in [0.1, 0.15) is 67.6 Å². The quantitative estimate of drug-likeness (QED) is 0.455. The molecule has 0 aliphatic heterocycles. The molecule has 0 unspecified atom stereocenters. The van der Waals surface area contributed by atoms with Crippen LogP contribution in [0.15, 0.2) is 54.9 Å². The van der Waals surface area contributed by atoms with Gasteiger partial charge in [0.2, 0.25) is 0 Å². The van der Waals surface area contributed by atoms with E-state index in [1.165, 1.54) is 55.0 Å². The molecule has 0 bridgehead atoms. The van der Waals surface area contributed by atoms with Crippen LogP contribution in [-0.4, -0.2) is 19.1 Å². The largest absolute Gasteiger partial charge is 0.378 e. The van der Waals surface area contributed by atoms with Crippen LogP contribution in [0.4, 0.5) is 5.69 Å². The molecule has 160 valence electrons. The van der Waals surface area contributed by atoms with Crippen molar-refractivity contribution in [1.82, 2.24) is 4.98 Å². The zero-order valence-corrected chi connectivity index (χ0v) is 19.1. The molecule has 1 aromatic heterocycles. The normalized spacial score (nSPS) is 31.7. The van der Waals surface area contributed by atoms with Gasteiger partial charge in [0.15, 0.2) is 0 Å². The molecule has 6 rings (SSSR count). The molecule has 0 N–H and O–H groups in total. The average Bonchev–Trinajstić information content (AvgIpc) is 3.15. The van der Waals surface area contributed by atoms with Gasteiger partial charge in [0.25, 0.3) is 0 Å². The Morgan fingerprint density at radius 1 is 0.935 bits per heavy atom. The Kier molecular flexibility index (Phi) is 4.42. The minimum absolute atomic E-state index is 0.443. The first-order valence-corrected chi connectivity index (χ1v) is 12.2. The molecule has 2 heteroatoms. The Morgan fingerprint density at radius 2 is 1.84 bits per heavy atom. The standard InChI is InChI=1S/C29H34N2/c1-29-14-12-25-24-9-7-23(31(2)3)17-20(24)6-8-26(25)28(29)11-10-27(29)21-5-4-19-13-15-30-18-22(19)16-21/h4-5,7,9,13,15-18,25-28H,6,8,10-12,14H2,1-3H3/t25-,26-,27-,28+,29-/m1/s1. The molecule has 1 heterocycles. The molecule has 5 atom stereocenters. The van der Waals surface area contributed by atoms with E-state index in [4.69, 9.17) is 0 Å². The van der Waals surface area contributed by atoms with Crippen molar-refractivity contribution in [1.29, 1.82) is 0 Å². The molecular weight excluding hydrogens is 376 g/mol. The molecule has 2 fully saturated rings. The number of pyridine rings is 1. The van der Waals surface area contributed by atoms with Gasteiger partial charge in [0, 0.05) is 37.6 Å². The average molecular weight is 411 g/mol. The number of hydrogen-bond donors (Lipinski definition) is 0. The summed E-state index contributed by atoms with van der Waals surface area (Å²) in [6, 6.07) is 16.6. The Balaban J connectivity index is 1.32. The molecule has 2 saturated carbocycles. The Hall–Kier alpha value is -2.35. The summed E-state index contributed by atoms with van der Waals surface area (Å²) in [5.41, 5.74) is 6.63. The lowest BCUT2D eigenvalue weighted by atomic mass is 9.53. The Labute approximate surface area is 186 Å². The number of benzene rings is 2. The van der Waals surface area contributed by atoms with E-state index in [0.717, 1.165) is 17.8 Å². The summed E-state index contributed by atoms with van der Waals surface area (Å²) < 4.78 is 0. The monoisotopic (exact) mass is 410 g/mol. The molecule has 3 aromatic rings. The fourth-order valence-electron chi connectivity index (χ4n) is 7.71. The van der Waals surface area contributed by atoms with Crippen LogP contribution < -0.4 is 4.90 Å². The van der Waals surface area contributed by atoms with Gasteiger partial charge in [-0.25, -0.2) is 0 Å². The zero-order chi connectivity index (χ0) is 21.2. The summed E-state index contributed by atoms with van der Waals surface area (Å²) in [4.78, 5) is 6.61. The van der Waals surface area contributed by atoms with Gasteiger partial charge in [-0.1, -0.05) is 25.1 Å². The highest BCUT2D eigenvalue weighted by molar-refractivity contribution is 5.82. The summed E-state index contributed by atoms with van der Waals surface area (Å²) in [5.74, 6) is 3.20. The summed E-state index contributed by atoms with van der Waals surface area (Å²) in [6.45, 7) is 2.63. The molecule has 3 aliphatic rings. The summed E-state index contributed by atoms with van der Waals surface area (Å²) in [7, 11) is 4.31. The predicted molar refractivity (Wildman–Crippen MR) is 130 cm³/mol. The second kappa shape index (κ2) is 7.08. The third-order valence-electron chi connectivity index (χ3n) is 9.29. The maximum Gasteiger partial charge on any atom is 0.0363 e. The highest BCUT2D eigenvalue weighted by Gasteiger charge is 2.54. The van der Waals surface area contributed by atoms with E-state index in [1.807, 2.05) is 12.4 Å². The van der Waals surface area contributed by atoms with Crippen molar-refractivity contribution in [2.75, 3.05) is 19.0 Å². The first-order chi connectivity index (χ1) is 15.0. The van der Waals surface area contributed by atoms with Crippen LogP contribution in [0.25, 0.3) is 10.8 Å². The molecule has 2 aromatic carbocycles. The molecule has 2 nitrogen and oxygen atoms in total. The van der Waals surface area contributed by atoms with Crippen LogP contribution >= 0.6 is 0 Å². The minimum Gasteiger partial charge on any atom is -0.378 e. The van der Waals surface area contributed by atoms with Crippen LogP contribution in [-0.2, 0) is 6.42 Å². The number of rotatable bonds is 2. The maximum atomic E-state index is 4.37. The van der Waals surface area contributed by atoms with Crippen LogP contribution in [0.3, 0.4) is 0 Å². The number of anilines is 1. The number of fused-ring (bicyclic) bond motifs is 6. The number of aromatic nitrogens is 1. The van der Waals surface area contributed by atoms with Gasteiger partial charge in [-0.05, 0) is 114 Å². The molecule has 31 heavy (non-hydrogen) atoms. The molecule has 0 saturated heterocycles. The van der Waals surface area contributed by atoms with Crippen LogP contribution in [0.5, 0.6) is 0 Å². The van der Waals surface area contributed by atoms with Crippen molar-refractivity contribution < 1.29 is 0 Å². The second-order valence-corrected chi connectivity index (χ2v) is 10.8. The molecule has 0 radical (unpaired) electrons. The third-order valence-corrected chi connectivity index (χ3v) is 9.29. The summed E-state index contributed by atoms with van der Waals surface area (Å²) in [5, 5.41) is 2.60. The summed E-state index contributed by atoms with van der Waals surface area (Å²) >= 11 is 0. The Bertz CT molecular complexity index is 1130. The van der Waals surface area contributed by atoms with Gasteiger partial charge < -0.3 is 4.90 Å². The van der Waals surface area contributed by atoms with Crippen LogP contribution in [0.2, 0.25) is 0 Å². The molecule has 3 aliphatic carbocycles. The molecule has 0 spiro atoms. The van der Waals surface area contributed by atoms with Crippen molar-refractivity contribution >= 4 is 16.5 Å². The number of nitrogens with zero attached hydrogens (tertiary/aromatic N) is 2. The SMILES string of the molecule is CN(C)c1ccc2c(c1)CC[C@@H]1[C@@H]2CC[C@]2(C)[C@@H](c3ccc4ccncc4c3)CC[C@@H]12. The maximum absolute atomic E-state index is 4.37. The highest BCUT2D eigenvalue weighted by atomic mass is 15.1. The van der Waals surface area contributed by atoms with Gasteiger partial charge in [-0.3, -0.25) is 4.98 Å². The van der Waals surface area contributed by atoms with Gasteiger partial charge in [-0.15, -0.1) is 0 Å². The van der Waals surface area contributed by atoms with Gasteiger partial charge in [-0.2, -0.15) is 0 Å². The van der Waals surface area contributed by atoms with E-state index in [1.54, 1.807) is 16.7 Å². The third kappa shape index (κ3) is 2.94. The topological polar surface area (TPSA) is 16.1 Å². The fourth-order valence-corrected chi connectivity index (χ4v) is 7.71. The summed E-state index contributed by atoms with van der Waals surface area (Å²) in [6.07, 6.45) is 12.0. The van der Waals surface area contributed by atoms with Gasteiger partial charge in [0.1, 0.15) is 0 Å².